The van der Waals surface area contributed by atoms with Crippen LogP contribution in [0, 0.1) is 5.92 Å². The number of likely N-dealkylation sites (tertiary alicyclic amines) is 1. The van der Waals surface area contributed by atoms with Gasteiger partial charge >= 0.3 is 6.18 Å². The van der Waals surface area contributed by atoms with Crippen molar-refractivity contribution in [3.8, 4) is 0 Å². The number of rotatable bonds is 5. The van der Waals surface area contributed by atoms with Crippen LogP contribution < -0.4 is 5.32 Å². The predicted molar refractivity (Wildman–Crippen MR) is 63.0 cm³/mol. The quantitative estimate of drug-likeness (QED) is 0.809. The molecule has 0 aromatic carbocycles. The second-order valence-corrected chi connectivity index (χ2v) is 4.78. The van der Waals surface area contributed by atoms with E-state index in [1.165, 1.54) is 0 Å². The predicted octanol–water partition coefficient (Wildman–Crippen LogP) is 2.65. The van der Waals surface area contributed by atoms with Gasteiger partial charge < -0.3 is 10.2 Å². The molecular weight excluding hydrogens is 229 g/mol. The molecule has 1 fully saturated rings. The van der Waals surface area contributed by atoms with Gasteiger partial charge in [0.1, 0.15) is 0 Å². The maximum absolute atomic E-state index is 12.5. The number of hydrogen-bond donors (Lipinski definition) is 1. The Bertz CT molecular complexity index is 210. The Morgan fingerprint density at radius 2 is 1.82 bits per heavy atom. The van der Waals surface area contributed by atoms with E-state index in [1.54, 1.807) is 0 Å². The van der Waals surface area contributed by atoms with Gasteiger partial charge in [-0.1, -0.05) is 13.8 Å². The Labute approximate surface area is 102 Å². The summed E-state index contributed by atoms with van der Waals surface area (Å²) >= 11 is 0. The third-order valence-corrected chi connectivity index (χ3v) is 3.51. The molecule has 0 aromatic heterocycles. The molecule has 0 saturated carbocycles. The Kier molecular flexibility index (Phi) is 5.73. The van der Waals surface area contributed by atoms with E-state index in [9.17, 15) is 13.2 Å². The van der Waals surface area contributed by atoms with Crippen molar-refractivity contribution in [1.29, 1.82) is 0 Å². The molecule has 0 bridgehead atoms. The molecule has 1 N–H and O–H groups in total. The first-order valence-corrected chi connectivity index (χ1v) is 6.49. The van der Waals surface area contributed by atoms with Crippen molar-refractivity contribution in [2.45, 2.75) is 45.3 Å². The summed E-state index contributed by atoms with van der Waals surface area (Å²) in [6, 6.07) is 0.405. The second kappa shape index (κ2) is 6.59. The number of likely N-dealkylation sites (N-methyl/N-ethyl adjacent to an activating group) is 1. The van der Waals surface area contributed by atoms with Crippen LogP contribution in [0.1, 0.15) is 33.1 Å². The second-order valence-electron chi connectivity index (χ2n) is 4.78. The molecule has 0 radical (unpaired) electrons. The van der Waals surface area contributed by atoms with E-state index < -0.39 is 12.1 Å². The third-order valence-electron chi connectivity index (χ3n) is 3.51. The number of piperidine rings is 1. The Morgan fingerprint density at radius 3 is 2.24 bits per heavy atom. The third kappa shape index (κ3) is 4.84. The zero-order valence-corrected chi connectivity index (χ0v) is 10.7. The Hall–Kier alpha value is -0.290. The summed E-state index contributed by atoms with van der Waals surface area (Å²) < 4.78 is 37.5. The minimum Gasteiger partial charge on any atom is -0.313 e. The number of hydrogen-bond acceptors (Lipinski definition) is 2. The molecule has 0 amide bonds. The van der Waals surface area contributed by atoms with Gasteiger partial charge in [-0.25, -0.2) is 0 Å². The molecule has 1 saturated heterocycles. The summed E-state index contributed by atoms with van der Waals surface area (Å²) in [5.74, 6) is -1.09. The van der Waals surface area contributed by atoms with E-state index in [2.05, 4.69) is 24.1 Å². The maximum Gasteiger partial charge on any atom is 0.391 e. The fraction of sp³-hybridized carbons (Fsp3) is 1.00. The van der Waals surface area contributed by atoms with Gasteiger partial charge in [0, 0.05) is 12.6 Å². The fourth-order valence-corrected chi connectivity index (χ4v) is 2.38. The van der Waals surface area contributed by atoms with E-state index in [1.807, 2.05) is 0 Å². The van der Waals surface area contributed by atoms with Gasteiger partial charge in [-0.15, -0.1) is 0 Å². The van der Waals surface area contributed by atoms with Crippen LogP contribution >= 0.6 is 0 Å². The lowest BCUT2D eigenvalue weighted by Gasteiger charge is -2.34. The highest BCUT2D eigenvalue weighted by molar-refractivity contribution is 4.79. The lowest BCUT2D eigenvalue weighted by atomic mass is 9.96. The summed E-state index contributed by atoms with van der Waals surface area (Å²) in [7, 11) is 0. The van der Waals surface area contributed by atoms with E-state index in [0.717, 1.165) is 19.5 Å². The van der Waals surface area contributed by atoms with Crippen molar-refractivity contribution in [2.75, 3.05) is 26.2 Å². The first-order chi connectivity index (χ1) is 7.97. The number of alkyl halides is 3. The fourth-order valence-electron chi connectivity index (χ4n) is 2.38. The lowest BCUT2D eigenvalue weighted by Crippen LogP contribution is -2.45. The molecule has 1 rings (SSSR count). The molecular formula is C12H23F3N2. The number of nitrogens with one attached hydrogen (secondary N) is 1. The summed E-state index contributed by atoms with van der Waals surface area (Å²) in [6.45, 7) is 7.10. The Morgan fingerprint density at radius 1 is 1.24 bits per heavy atom. The average molecular weight is 252 g/mol. The van der Waals surface area contributed by atoms with Crippen LogP contribution in [0.3, 0.4) is 0 Å². The largest absolute Gasteiger partial charge is 0.391 e. The minimum atomic E-state index is -4.00. The van der Waals surface area contributed by atoms with Crippen LogP contribution in [0.5, 0.6) is 0 Å². The van der Waals surface area contributed by atoms with Crippen molar-refractivity contribution < 1.29 is 13.2 Å². The van der Waals surface area contributed by atoms with Gasteiger partial charge in [0.05, 0.1) is 5.92 Å². The van der Waals surface area contributed by atoms with E-state index in [4.69, 9.17) is 0 Å². The van der Waals surface area contributed by atoms with Gasteiger partial charge in [0.15, 0.2) is 0 Å². The van der Waals surface area contributed by atoms with Crippen LogP contribution in [-0.4, -0.2) is 43.3 Å². The van der Waals surface area contributed by atoms with Crippen molar-refractivity contribution in [3.63, 3.8) is 0 Å². The van der Waals surface area contributed by atoms with Crippen LogP contribution in [0.2, 0.25) is 0 Å². The van der Waals surface area contributed by atoms with Crippen LogP contribution in [0.15, 0.2) is 0 Å². The molecule has 17 heavy (non-hydrogen) atoms. The molecule has 1 aliphatic heterocycles. The van der Waals surface area contributed by atoms with E-state index >= 15 is 0 Å². The smallest absolute Gasteiger partial charge is 0.313 e. The molecule has 102 valence electrons. The summed E-state index contributed by atoms with van der Waals surface area (Å²) in [5, 5.41) is 3.36. The highest BCUT2D eigenvalue weighted by Crippen LogP contribution is 2.34. The number of nitrogens with zero attached hydrogens (tertiary/aromatic N) is 1. The van der Waals surface area contributed by atoms with E-state index in [0.29, 0.717) is 19.1 Å². The SMILES string of the molecule is CCNC(CC)CN1CCC(C(F)(F)F)CC1. The monoisotopic (exact) mass is 252 g/mol. The van der Waals surface area contributed by atoms with Gasteiger partial charge in [0.25, 0.3) is 0 Å². The molecule has 0 spiro atoms. The van der Waals surface area contributed by atoms with Gasteiger partial charge in [-0.05, 0) is 38.9 Å². The highest BCUT2D eigenvalue weighted by Gasteiger charge is 2.41. The van der Waals surface area contributed by atoms with Crippen molar-refractivity contribution in [3.05, 3.63) is 0 Å². The van der Waals surface area contributed by atoms with Gasteiger partial charge in [-0.3, -0.25) is 0 Å². The van der Waals surface area contributed by atoms with Crippen molar-refractivity contribution in [2.24, 2.45) is 5.92 Å². The standard InChI is InChI=1S/C12H23F3N2/c1-3-11(16-4-2)9-17-7-5-10(6-8-17)12(13,14)15/h10-11,16H,3-9H2,1-2H3. The van der Waals surface area contributed by atoms with Gasteiger partial charge in [0.2, 0.25) is 0 Å². The normalized spacial score (nSPS) is 21.7. The van der Waals surface area contributed by atoms with Crippen molar-refractivity contribution in [1.82, 2.24) is 10.2 Å². The van der Waals surface area contributed by atoms with Gasteiger partial charge in [-0.2, -0.15) is 13.2 Å². The van der Waals surface area contributed by atoms with Crippen LogP contribution in [0.4, 0.5) is 13.2 Å². The topological polar surface area (TPSA) is 15.3 Å². The molecule has 0 aromatic rings. The number of halogens is 3. The summed E-state index contributed by atoms with van der Waals surface area (Å²) in [4.78, 5) is 2.15. The highest BCUT2D eigenvalue weighted by atomic mass is 19.4. The molecule has 1 heterocycles. The molecule has 2 nitrogen and oxygen atoms in total. The summed E-state index contributed by atoms with van der Waals surface area (Å²) in [5.41, 5.74) is 0. The minimum absolute atomic E-state index is 0.256. The van der Waals surface area contributed by atoms with Crippen LogP contribution in [0.25, 0.3) is 0 Å². The van der Waals surface area contributed by atoms with E-state index in [-0.39, 0.29) is 12.8 Å². The van der Waals surface area contributed by atoms with Crippen LogP contribution in [-0.2, 0) is 0 Å². The Balaban J connectivity index is 2.31. The first kappa shape index (κ1) is 14.8. The van der Waals surface area contributed by atoms with Crippen molar-refractivity contribution >= 4 is 0 Å². The molecule has 5 heteroatoms. The lowest BCUT2D eigenvalue weighted by molar-refractivity contribution is -0.185. The molecule has 1 aliphatic rings. The zero-order valence-electron chi connectivity index (χ0n) is 10.7. The molecule has 0 aliphatic carbocycles. The zero-order chi connectivity index (χ0) is 12.9. The molecule has 1 unspecified atom stereocenters. The maximum atomic E-state index is 12.5. The summed E-state index contributed by atoms with van der Waals surface area (Å²) in [6.07, 6.45) is -2.47. The first-order valence-electron chi connectivity index (χ1n) is 6.49. The average Bonchev–Trinajstić information content (AvgIpc) is 2.28. The molecule has 1 atom stereocenters.